The minimum atomic E-state index is -0.599. The molecule has 6 nitrogen and oxygen atoms in total. The molecule has 1 aliphatic rings. The van der Waals surface area contributed by atoms with E-state index in [1.165, 1.54) is 0 Å². The quantitative estimate of drug-likeness (QED) is 0.302. The summed E-state index contributed by atoms with van der Waals surface area (Å²) >= 11 is 0. The molecule has 0 aliphatic carbocycles. The number of ether oxygens (including phenoxy) is 1. The number of hydrogen-bond donors (Lipinski definition) is 2. The Hall–Kier alpha value is -1.30. The van der Waals surface area contributed by atoms with Crippen molar-refractivity contribution in [3.05, 3.63) is 0 Å². The Morgan fingerprint density at radius 2 is 2.25 bits per heavy atom. The minimum absolute atomic E-state index is 0.0256. The van der Waals surface area contributed by atoms with E-state index >= 15 is 0 Å². The first kappa shape index (κ1) is 12.8. The molecule has 0 spiro atoms. The highest BCUT2D eigenvalue weighted by atomic mass is 16.5. The van der Waals surface area contributed by atoms with E-state index in [2.05, 4.69) is 5.16 Å². The normalized spacial score (nSPS) is 28.9. The Kier molecular flexibility index (Phi) is 4.12. The standard InChI is InChI=1S/C10H19N3O3/c1-6-5-16-7(2)4-13(6)10(14)8(3)9(11)12-15/h6-8,15H,4-5H2,1-3H3,(H2,11,12). The summed E-state index contributed by atoms with van der Waals surface area (Å²) in [7, 11) is 0. The minimum Gasteiger partial charge on any atom is -0.409 e. The van der Waals surface area contributed by atoms with Crippen molar-refractivity contribution in [2.75, 3.05) is 13.2 Å². The zero-order valence-corrected chi connectivity index (χ0v) is 9.88. The molecule has 1 amide bonds. The van der Waals surface area contributed by atoms with Crippen molar-refractivity contribution in [3.63, 3.8) is 0 Å². The lowest BCUT2D eigenvalue weighted by atomic mass is 10.1. The van der Waals surface area contributed by atoms with Crippen LogP contribution in [0, 0.1) is 5.92 Å². The Bertz CT molecular complexity index is 293. The number of oxime groups is 1. The van der Waals surface area contributed by atoms with Crippen molar-refractivity contribution in [2.24, 2.45) is 16.8 Å². The fourth-order valence-electron chi connectivity index (χ4n) is 1.67. The molecule has 1 fully saturated rings. The van der Waals surface area contributed by atoms with Crippen LogP contribution < -0.4 is 5.73 Å². The zero-order valence-electron chi connectivity index (χ0n) is 9.88. The summed E-state index contributed by atoms with van der Waals surface area (Å²) < 4.78 is 5.43. The molecular weight excluding hydrogens is 210 g/mol. The van der Waals surface area contributed by atoms with Crippen LogP contribution in [0.2, 0.25) is 0 Å². The second-order valence-corrected chi connectivity index (χ2v) is 4.23. The van der Waals surface area contributed by atoms with Crippen LogP contribution >= 0.6 is 0 Å². The van der Waals surface area contributed by atoms with Crippen molar-refractivity contribution < 1.29 is 14.7 Å². The Morgan fingerprint density at radius 3 is 2.81 bits per heavy atom. The van der Waals surface area contributed by atoms with Gasteiger partial charge in [-0.25, -0.2) is 0 Å². The monoisotopic (exact) mass is 229 g/mol. The van der Waals surface area contributed by atoms with Crippen LogP contribution in [0.3, 0.4) is 0 Å². The van der Waals surface area contributed by atoms with E-state index in [0.717, 1.165) is 0 Å². The van der Waals surface area contributed by atoms with Gasteiger partial charge in [0, 0.05) is 6.54 Å². The van der Waals surface area contributed by atoms with E-state index in [-0.39, 0.29) is 23.9 Å². The van der Waals surface area contributed by atoms with Gasteiger partial charge in [0.25, 0.3) is 0 Å². The first-order chi connectivity index (χ1) is 7.47. The average molecular weight is 229 g/mol. The molecule has 0 radical (unpaired) electrons. The molecule has 3 unspecified atom stereocenters. The highest BCUT2D eigenvalue weighted by molar-refractivity contribution is 6.01. The van der Waals surface area contributed by atoms with Crippen molar-refractivity contribution in [3.8, 4) is 0 Å². The molecule has 1 aliphatic heterocycles. The molecule has 3 atom stereocenters. The molecule has 0 bridgehead atoms. The molecule has 0 saturated carbocycles. The maximum absolute atomic E-state index is 12.1. The summed E-state index contributed by atoms with van der Waals surface area (Å²) in [5.41, 5.74) is 5.43. The van der Waals surface area contributed by atoms with Gasteiger partial charge in [0.1, 0.15) is 0 Å². The first-order valence-corrected chi connectivity index (χ1v) is 5.36. The van der Waals surface area contributed by atoms with Crippen molar-refractivity contribution in [1.29, 1.82) is 0 Å². The van der Waals surface area contributed by atoms with Gasteiger partial charge in [0.15, 0.2) is 5.84 Å². The van der Waals surface area contributed by atoms with Gasteiger partial charge in [-0.1, -0.05) is 5.16 Å². The van der Waals surface area contributed by atoms with Gasteiger partial charge < -0.3 is 20.6 Å². The van der Waals surface area contributed by atoms with Gasteiger partial charge in [-0.05, 0) is 20.8 Å². The zero-order chi connectivity index (χ0) is 12.3. The highest BCUT2D eigenvalue weighted by Crippen LogP contribution is 2.14. The van der Waals surface area contributed by atoms with Crippen molar-refractivity contribution in [1.82, 2.24) is 4.90 Å². The molecule has 1 heterocycles. The first-order valence-electron chi connectivity index (χ1n) is 5.36. The fraction of sp³-hybridized carbons (Fsp3) is 0.800. The number of carbonyl (C=O) groups is 1. The number of hydrogen-bond acceptors (Lipinski definition) is 4. The maximum atomic E-state index is 12.1. The van der Waals surface area contributed by atoms with Crippen molar-refractivity contribution >= 4 is 11.7 Å². The highest BCUT2D eigenvalue weighted by Gasteiger charge is 2.31. The molecule has 92 valence electrons. The van der Waals surface area contributed by atoms with Crippen LogP contribution in [-0.4, -0.2) is 47.1 Å². The van der Waals surface area contributed by atoms with Gasteiger partial charge in [0.05, 0.1) is 24.7 Å². The number of morpholine rings is 1. The third kappa shape index (κ3) is 2.63. The summed E-state index contributed by atoms with van der Waals surface area (Å²) in [6.45, 7) is 6.53. The van der Waals surface area contributed by atoms with Crippen LogP contribution in [0.15, 0.2) is 5.16 Å². The number of rotatable bonds is 2. The summed E-state index contributed by atoms with van der Waals surface area (Å²) in [4.78, 5) is 13.8. The predicted octanol–water partition coefficient (Wildman–Crippen LogP) is 0.00470. The van der Waals surface area contributed by atoms with E-state index in [9.17, 15) is 4.79 Å². The second kappa shape index (κ2) is 5.16. The largest absolute Gasteiger partial charge is 0.409 e. The second-order valence-electron chi connectivity index (χ2n) is 4.23. The van der Waals surface area contributed by atoms with Gasteiger partial charge in [-0.2, -0.15) is 0 Å². The lowest BCUT2D eigenvalue weighted by Crippen LogP contribution is -2.53. The molecule has 1 saturated heterocycles. The number of carbonyl (C=O) groups excluding carboxylic acids is 1. The summed E-state index contributed by atoms with van der Waals surface area (Å²) in [5, 5.41) is 11.4. The van der Waals surface area contributed by atoms with Gasteiger partial charge in [0.2, 0.25) is 5.91 Å². The van der Waals surface area contributed by atoms with E-state index < -0.39 is 5.92 Å². The van der Waals surface area contributed by atoms with E-state index in [1.54, 1.807) is 11.8 Å². The number of amides is 1. The molecule has 0 aromatic carbocycles. The average Bonchev–Trinajstić information content (AvgIpc) is 2.29. The molecule has 6 heteroatoms. The van der Waals surface area contributed by atoms with Gasteiger partial charge in [-0.3, -0.25) is 4.79 Å². The van der Waals surface area contributed by atoms with Gasteiger partial charge in [-0.15, -0.1) is 0 Å². The Labute approximate surface area is 95.0 Å². The van der Waals surface area contributed by atoms with Crippen LogP contribution in [-0.2, 0) is 9.53 Å². The molecule has 16 heavy (non-hydrogen) atoms. The lowest BCUT2D eigenvalue weighted by molar-refractivity contribution is -0.145. The van der Waals surface area contributed by atoms with Crippen molar-refractivity contribution in [2.45, 2.75) is 32.9 Å². The SMILES string of the molecule is CC1CN(C(=O)C(C)C(N)=NO)C(C)CO1. The number of nitrogens with two attached hydrogens (primary N) is 1. The lowest BCUT2D eigenvalue weighted by Gasteiger charge is -2.38. The summed E-state index contributed by atoms with van der Waals surface area (Å²) in [6.07, 6.45) is 0.0274. The Balaban J connectivity index is 2.71. The molecular formula is C10H19N3O3. The molecule has 0 aromatic rings. The molecule has 3 N–H and O–H groups in total. The molecule has 0 aromatic heterocycles. The Morgan fingerprint density at radius 1 is 1.62 bits per heavy atom. The van der Waals surface area contributed by atoms with Crippen LogP contribution in [0.25, 0.3) is 0 Å². The van der Waals surface area contributed by atoms with E-state index in [4.69, 9.17) is 15.7 Å². The maximum Gasteiger partial charge on any atom is 0.233 e. The molecule has 1 rings (SSSR count). The third-order valence-corrected chi connectivity index (χ3v) is 2.82. The van der Waals surface area contributed by atoms with Crippen LogP contribution in [0.5, 0.6) is 0 Å². The van der Waals surface area contributed by atoms with Crippen LogP contribution in [0.4, 0.5) is 0 Å². The third-order valence-electron chi connectivity index (χ3n) is 2.82. The van der Waals surface area contributed by atoms with E-state index in [1.807, 2.05) is 13.8 Å². The number of amidine groups is 1. The smallest absolute Gasteiger partial charge is 0.233 e. The summed E-state index contributed by atoms with van der Waals surface area (Å²) in [6, 6.07) is 0.0256. The topological polar surface area (TPSA) is 88.2 Å². The fourth-order valence-corrected chi connectivity index (χ4v) is 1.67. The predicted molar refractivity (Wildman–Crippen MR) is 59.2 cm³/mol. The summed E-state index contributed by atoms with van der Waals surface area (Å²) in [5.74, 6) is -0.785. The number of nitrogens with zero attached hydrogens (tertiary/aromatic N) is 2. The van der Waals surface area contributed by atoms with E-state index in [0.29, 0.717) is 13.2 Å². The van der Waals surface area contributed by atoms with Gasteiger partial charge >= 0.3 is 0 Å². The van der Waals surface area contributed by atoms with Crippen LogP contribution in [0.1, 0.15) is 20.8 Å².